The Kier molecular flexibility index (Phi) is 10.3. The molecule has 0 unspecified atom stereocenters. The van der Waals surface area contributed by atoms with Crippen LogP contribution in [0.1, 0.15) is 48.5 Å². The molecule has 4 atom stereocenters. The van der Waals surface area contributed by atoms with Crippen molar-refractivity contribution >= 4 is 17.8 Å². The molecule has 8 nitrogen and oxygen atoms in total. The maximum Gasteiger partial charge on any atom is 0.315 e. The number of hydrogen-bond acceptors (Lipinski definition) is 6. The van der Waals surface area contributed by atoms with Crippen LogP contribution in [0.2, 0.25) is 0 Å². The average Bonchev–Trinajstić information content (AvgIpc) is 3.04. The van der Waals surface area contributed by atoms with E-state index in [4.69, 9.17) is 9.47 Å². The van der Waals surface area contributed by atoms with Gasteiger partial charge in [-0.05, 0) is 46.9 Å². The number of benzene rings is 3. The normalized spacial score (nSPS) is 20.0. The molecule has 3 N–H and O–H groups in total. The Hall–Kier alpha value is -3.89. The highest BCUT2D eigenvalue weighted by Gasteiger charge is 2.38. The first-order chi connectivity index (χ1) is 20.9. The number of hydrogen-bond donors (Lipinski definition) is 3. The van der Waals surface area contributed by atoms with Crippen molar-refractivity contribution in [2.75, 3.05) is 12.3 Å². The van der Waals surface area contributed by atoms with E-state index < -0.39 is 6.29 Å². The molecule has 43 heavy (non-hydrogen) atoms. The van der Waals surface area contributed by atoms with E-state index in [1.165, 1.54) is 18.0 Å². The van der Waals surface area contributed by atoms with Gasteiger partial charge in [0, 0.05) is 42.5 Å². The molecule has 1 aliphatic rings. The molecule has 0 aliphatic carbocycles. The molecule has 1 fully saturated rings. The minimum Gasteiger partial charge on any atom is -0.618 e. The van der Waals surface area contributed by atoms with E-state index in [0.29, 0.717) is 23.9 Å². The SMILES string of the molecule is CCNC(=O)NCc1cccc(-c2ccc([C@H]3O[C@@H](CSc4cccc[n+]4[O-])[C@@H](C)[C@@H](c4ccc(CO)cc4)O3)cc2)c1. The van der Waals surface area contributed by atoms with E-state index in [9.17, 15) is 15.1 Å². The second-order valence-electron chi connectivity index (χ2n) is 10.5. The van der Waals surface area contributed by atoms with Gasteiger partial charge >= 0.3 is 6.03 Å². The molecule has 3 aromatic carbocycles. The van der Waals surface area contributed by atoms with Gasteiger partial charge in [-0.15, -0.1) is 0 Å². The second kappa shape index (κ2) is 14.5. The monoisotopic (exact) mass is 599 g/mol. The van der Waals surface area contributed by atoms with Crippen LogP contribution in [0.25, 0.3) is 11.1 Å². The Bertz CT molecular complexity index is 1500. The zero-order valence-electron chi connectivity index (χ0n) is 24.3. The number of nitrogens with one attached hydrogen (secondary N) is 2. The second-order valence-corrected chi connectivity index (χ2v) is 11.6. The zero-order chi connectivity index (χ0) is 30.2. The van der Waals surface area contributed by atoms with Gasteiger partial charge in [0.15, 0.2) is 12.5 Å². The number of carbonyl (C=O) groups excluding carboxylic acids is 1. The summed E-state index contributed by atoms with van der Waals surface area (Å²) in [7, 11) is 0. The van der Waals surface area contributed by atoms with Gasteiger partial charge in [-0.1, -0.05) is 85.4 Å². The Morgan fingerprint density at radius 3 is 2.40 bits per heavy atom. The maximum atomic E-state index is 12.3. The van der Waals surface area contributed by atoms with Crippen molar-refractivity contribution in [3.8, 4) is 11.1 Å². The lowest BCUT2D eigenvalue weighted by Crippen LogP contribution is -2.39. The van der Waals surface area contributed by atoms with E-state index in [-0.39, 0.29) is 30.8 Å². The van der Waals surface area contributed by atoms with Crippen LogP contribution in [0.15, 0.2) is 102 Å². The third kappa shape index (κ3) is 7.74. The van der Waals surface area contributed by atoms with E-state index in [2.05, 4.69) is 35.8 Å². The van der Waals surface area contributed by atoms with E-state index >= 15 is 0 Å². The van der Waals surface area contributed by atoms with E-state index in [1.54, 1.807) is 6.07 Å². The molecular weight excluding hydrogens is 562 g/mol. The van der Waals surface area contributed by atoms with Crippen LogP contribution in [0, 0.1) is 11.1 Å². The van der Waals surface area contributed by atoms with Crippen LogP contribution in [0.4, 0.5) is 4.79 Å². The number of carbonyl (C=O) groups is 1. The Morgan fingerprint density at radius 2 is 1.67 bits per heavy atom. The number of pyridine rings is 1. The summed E-state index contributed by atoms with van der Waals surface area (Å²) in [5.74, 6) is 0.607. The van der Waals surface area contributed by atoms with Crippen molar-refractivity contribution < 1.29 is 24.1 Å². The Labute approximate surface area is 256 Å². The van der Waals surface area contributed by atoms with Gasteiger partial charge in [0.25, 0.3) is 5.03 Å². The highest BCUT2D eigenvalue weighted by atomic mass is 32.2. The first-order valence-electron chi connectivity index (χ1n) is 14.5. The summed E-state index contributed by atoms with van der Waals surface area (Å²) in [6.07, 6.45) is 0.490. The van der Waals surface area contributed by atoms with Gasteiger partial charge in [-0.25, -0.2) is 4.79 Å². The number of aliphatic hydroxyl groups excluding tert-OH is 1. The highest BCUT2D eigenvalue weighted by molar-refractivity contribution is 7.99. The molecule has 0 bridgehead atoms. The molecule has 0 radical (unpaired) electrons. The van der Waals surface area contributed by atoms with Crippen LogP contribution in [0.3, 0.4) is 0 Å². The van der Waals surface area contributed by atoms with Crippen LogP contribution in [-0.2, 0) is 22.6 Å². The number of aliphatic hydroxyl groups is 1. The van der Waals surface area contributed by atoms with Crippen LogP contribution < -0.4 is 15.4 Å². The molecule has 0 spiro atoms. The molecule has 1 saturated heterocycles. The number of amides is 2. The lowest BCUT2D eigenvalue weighted by atomic mass is 9.91. The molecule has 1 aliphatic heterocycles. The first-order valence-corrected chi connectivity index (χ1v) is 15.5. The van der Waals surface area contributed by atoms with E-state index in [0.717, 1.165) is 38.1 Å². The molecule has 2 amide bonds. The molecule has 5 rings (SSSR count). The maximum absolute atomic E-state index is 12.3. The van der Waals surface area contributed by atoms with Gasteiger partial charge in [-0.3, -0.25) is 0 Å². The average molecular weight is 600 g/mol. The van der Waals surface area contributed by atoms with Gasteiger partial charge in [0.2, 0.25) is 0 Å². The van der Waals surface area contributed by atoms with Crippen LogP contribution in [0.5, 0.6) is 0 Å². The van der Waals surface area contributed by atoms with Gasteiger partial charge in [-0.2, -0.15) is 4.73 Å². The number of ether oxygens (including phenoxy) is 2. The lowest BCUT2D eigenvalue weighted by molar-refractivity contribution is -0.645. The number of nitrogens with zero attached hydrogens (tertiary/aromatic N) is 1. The standard InChI is InChI=1S/C34H37N3O5S/c1-3-35-34(39)36-20-25-7-6-8-29(19-25)26-14-16-28(17-15-26)33-41-30(22-43-31-9-4-5-18-37(31)40)23(2)32(42-33)27-12-10-24(21-38)11-13-27/h4-19,23,30,32-33,38H,3,20-22H2,1-2H3,(H2,35,36,39)/t23-,30+,32+,33+/m1/s1. The molecule has 4 aromatic rings. The topological polar surface area (TPSA) is 107 Å². The molecule has 0 saturated carbocycles. The van der Waals surface area contributed by atoms with Crippen molar-refractivity contribution in [1.82, 2.24) is 10.6 Å². The summed E-state index contributed by atoms with van der Waals surface area (Å²) in [6, 6.07) is 29.3. The molecule has 2 heterocycles. The summed E-state index contributed by atoms with van der Waals surface area (Å²) in [6.45, 7) is 5.00. The molecule has 9 heteroatoms. The number of rotatable bonds is 10. The fourth-order valence-corrected chi connectivity index (χ4v) is 6.18. The summed E-state index contributed by atoms with van der Waals surface area (Å²) < 4.78 is 14.0. The lowest BCUT2D eigenvalue weighted by Gasteiger charge is -2.41. The fraction of sp³-hybridized carbons (Fsp3) is 0.294. The Balaban J connectivity index is 1.34. The quantitative estimate of drug-likeness (QED) is 0.119. The number of thioether (sulfide) groups is 1. The molecule has 224 valence electrons. The van der Waals surface area contributed by atoms with Crippen molar-refractivity contribution in [1.29, 1.82) is 0 Å². The molecule has 1 aromatic heterocycles. The summed E-state index contributed by atoms with van der Waals surface area (Å²) in [5, 5.41) is 28.0. The van der Waals surface area contributed by atoms with Crippen LogP contribution >= 0.6 is 11.8 Å². The predicted octanol–water partition coefficient (Wildman–Crippen LogP) is 5.88. The summed E-state index contributed by atoms with van der Waals surface area (Å²) in [5.41, 5.74) is 5.85. The third-order valence-electron chi connectivity index (χ3n) is 7.54. The predicted molar refractivity (Wildman–Crippen MR) is 167 cm³/mol. The van der Waals surface area contributed by atoms with Gasteiger partial charge in [0.1, 0.15) is 0 Å². The van der Waals surface area contributed by atoms with Gasteiger partial charge < -0.3 is 30.4 Å². The highest BCUT2D eigenvalue weighted by Crippen LogP contribution is 2.43. The van der Waals surface area contributed by atoms with Gasteiger partial charge in [0.05, 0.1) is 18.8 Å². The van der Waals surface area contributed by atoms with Crippen molar-refractivity contribution in [3.63, 3.8) is 0 Å². The first kappa shape index (κ1) is 30.6. The fourth-order valence-electron chi connectivity index (χ4n) is 5.10. The minimum atomic E-state index is -0.596. The summed E-state index contributed by atoms with van der Waals surface area (Å²) in [4.78, 5) is 11.8. The third-order valence-corrected chi connectivity index (χ3v) is 8.65. The van der Waals surface area contributed by atoms with Crippen molar-refractivity contribution in [2.45, 2.75) is 50.5 Å². The number of urea groups is 1. The van der Waals surface area contributed by atoms with Crippen LogP contribution in [-0.4, -0.2) is 29.5 Å². The van der Waals surface area contributed by atoms with Crippen molar-refractivity contribution in [2.24, 2.45) is 5.92 Å². The Morgan fingerprint density at radius 1 is 0.907 bits per heavy atom. The van der Waals surface area contributed by atoms with Crippen molar-refractivity contribution in [3.05, 3.63) is 125 Å². The largest absolute Gasteiger partial charge is 0.618 e. The number of aromatic nitrogens is 1. The minimum absolute atomic E-state index is 0.0153. The zero-order valence-corrected chi connectivity index (χ0v) is 25.1. The summed E-state index contributed by atoms with van der Waals surface area (Å²) >= 11 is 1.47. The smallest absolute Gasteiger partial charge is 0.315 e. The molecular formula is C34H37N3O5S. The van der Waals surface area contributed by atoms with E-state index in [1.807, 2.05) is 73.7 Å².